The lowest BCUT2D eigenvalue weighted by molar-refractivity contribution is -0.125. The highest BCUT2D eigenvalue weighted by Gasteiger charge is 2.42. The number of amides is 1. The quantitative estimate of drug-likeness (QED) is 0.607. The average Bonchev–Trinajstić information content (AvgIpc) is 2.77. The maximum atomic E-state index is 11.4. The number of carbonyl (C=O) groups excluding carboxylic acids is 1. The van der Waals surface area contributed by atoms with E-state index in [-0.39, 0.29) is 5.91 Å². The summed E-state index contributed by atoms with van der Waals surface area (Å²) in [6.45, 7) is 4.85. The lowest BCUT2D eigenvalue weighted by Gasteiger charge is -2.34. The third kappa shape index (κ3) is 1.66. The van der Waals surface area contributed by atoms with E-state index in [2.05, 4.69) is 15.5 Å². The number of hydrogen-bond acceptors (Lipinski definition) is 3. The monoisotopic (exact) mass is 209 g/mol. The molecule has 0 aromatic heterocycles. The van der Waals surface area contributed by atoms with Crippen molar-refractivity contribution in [2.75, 3.05) is 32.7 Å². The molecular formula is C11H19N3O. The van der Waals surface area contributed by atoms with Crippen molar-refractivity contribution in [2.45, 2.75) is 18.9 Å². The fourth-order valence-electron chi connectivity index (χ4n) is 3.51. The largest absolute Gasteiger partial charge is 0.354 e. The van der Waals surface area contributed by atoms with Crippen molar-refractivity contribution in [3.8, 4) is 0 Å². The highest BCUT2D eigenvalue weighted by atomic mass is 16.2. The number of nitrogens with one attached hydrogen (secondary N) is 2. The van der Waals surface area contributed by atoms with E-state index < -0.39 is 0 Å². The second-order valence-corrected chi connectivity index (χ2v) is 5.05. The molecule has 3 aliphatic rings. The summed E-state index contributed by atoms with van der Waals surface area (Å²) in [4.78, 5) is 13.8. The van der Waals surface area contributed by atoms with Crippen LogP contribution in [-0.4, -0.2) is 49.6 Å². The molecule has 3 rings (SSSR count). The minimum atomic E-state index is 0.204. The summed E-state index contributed by atoms with van der Waals surface area (Å²) >= 11 is 0. The Morgan fingerprint density at radius 2 is 2.20 bits per heavy atom. The van der Waals surface area contributed by atoms with Crippen LogP contribution in [0.4, 0.5) is 0 Å². The zero-order valence-electron chi connectivity index (χ0n) is 9.04. The van der Waals surface area contributed by atoms with Gasteiger partial charge in [-0.25, -0.2) is 0 Å². The van der Waals surface area contributed by atoms with Crippen molar-refractivity contribution in [2.24, 2.45) is 11.8 Å². The Balaban J connectivity index is 1.68. The molecule has 84 valence electrons. The maximum absolute atomic E-state index is 11.4. The predicted molar refractivity (Wildman–Crippen MR) is 57.5 cm³/mol. The number of nitrogens with zero attached hydrogens (tertiary/aromatic N) is 1. The van der Waals surface area contributed by atoms with Crippen LogP contribution in [0.5, 0.6) is 0 Å². The van der Waals surface area contributed by atoms with Crippen molar-refractivity contribution >= 4 is 5.91 Å². The van der Waals surface area contributed by atoms with Crippen molar-refractivity contribution in [3.63, 3.8) is 0 Å². The Kier molecular flexibility index (Phi) is 2.41. The van der Waals surface area contributed by atoms with Crippen LogP contribution in [0.3, 0.4) is 0 Å². The molecule has 0 aromatic carbocycles. The lowest BCUT2D eigenvalue weighted by atomic mass is 9.96. The van der Waals surface area contributed by atoms with E-state index in [4.69, 9.17) is 0 Å². The number of hydrogen-bond donors (Lipinski definition) is 2. The van der Waals surface area contributed by atoms with Crippen LogP contribution >= 0.6 is 0 Å². The summed E-state index contributed by atoms with van der Waals surface area (Å²) < 4.78 is 0. The van der Waals surface area contributed by atoms with E-state index in [1.165, 1.54) is 19.4 Å². The van der Waals surface area contributed by atoms with Gasteiger partial charge in [-0.3, -0.25) is 9.69 Å². The van der Waals surface area contributed by atoms with Gasteiger partial charge < -0.3 is 10.6 Å². The minimum Gasteiger partial charge on any atom is -0.354 e. The van der Waals surface area contributed by atoms with Crippen LogP contribution < -0.4 is 10.6 Å². The summed E-state index contributed by atoms with van der Waals surface area (Å²) in [7, 11) is 0. The zero-order chi connectivity index (χ0) is 10.3. The summed E-state index contributed by atoms with van der Waals surface area (Å²) in [6, 6.07) is 0.663. The second kappa shape index (κ2) is 3.76. The fourth-order valence-corrected chi connectivity index (χ4v) is 3.51. The Hall–Kier alpha value is -0.610. The average molecular weight is 209 g/mol. The standard InChI is InChI=1S/C11H19N3O/c15-11-7-14(4-3-13-11)10-2-1-8-5-12-6-9(8)10/h8-10,12H,1-7H2,(H,13,15). The van der Waals surface area contributed by atoms with Gasteiger partial charge in [0, 0.05) is 19.1 Å². The van der Waals surface area contributed by atoms with E-state index in [1.54, 1.807) is 0 Å². The molecule has 4 nitrogen and oxygen atoms in total. The molecule has 3 fully saturated rings. The zero-order valence-corrected chi connectivity index (χ0v) is 9.04. The fraction of sp³-hybridized carbons (Fsp3) is 0.909. The Labute approximate surface area is 90.4 Å². The second-order valence-electron chi connectivity index (χ2n) is 5.05. The van der Waals surface area contributed by atoms with Crippen LogP contribution in [0, 0.1) is 11.8 Å². The van der Waals surface area contributed by atoms with Gasteiger partial charge in [-0.2, -0.15) is 0 Å². The van der Waals surface area contributed by atoms with Gasteiger partial charge in [0.1, 0.15) is 0 Å². The third-order valence-electron chi connectivity index (χ3n) is 4.26. The van der Waals surface area contributed by atoms with Gasteiger partial charge in [0.25, 0.3) is 0 Å². The van der Waals surface area contributed by atoms with E-state index in [1.807, 2.05) is 0 Å². The Morgan fingerprint density at radius 3 is 3.07 bits per heavy atom. The van der Waals surface area contributed by atoms with Crippen molar-refractivity contribution in [1.82, 2.24) is 15.5 Å². The molecule has 2 aliphatic heterocycles. The van der Waals surface area contributed by atoms with E-state index in [0.29, 0.717) is 12.6 Å². The number of piperazine rings is 1. The summed E-state index contributed by atoms with van der Waals surface area (Å²) in [6.07, 6.45) is 2.64. The van der Waals surface area contributed by atoms with Gasteiger partial charge in [-0.1, -0.05) is 0 Å². The van der Waals surface area contributed by atoms with Gasteiger partial charge in [-0.15, -0.1) is 0 Å². The van der Waals surface area contributed by atoms with Crippen molar-refractivity contribution < 1.29 is 4.79 Å². The molecule has 3 unspecified atom stereocenters. The van der Waals surface area contributed by atoms with Gasteiger partial charge in [0.15, 0.2) is 0 Å². The van der Waals surface area contributed by atoms with E-state index >= 15 is 0 Å². The minimum absolute atomic E-state index is 0.204. The summed E-state index contributed by atoms with van der Waals surface area (Å²) in [5, 5.41) is 6.38. The molecule has 2 heterocycles. The van der Waals surface area contributed by atoms with Crippen molar-refractivity contribution in [1.29, 1.82) is 0 Å². The molecule has 15 heavy (non-hydrogen) atoms. The van der Waals surface area contributed by atoms with E-state index in [0.717, 1.165) is 31.5 Å². The predicted octanol–water partition coefficient (Wildman–Crippen LogP) is -0.584. The van der Waals surface area contributed by atoms with Gasteiger partial charge >= 0.3 is 0 Å². The normalized spacial score (nSPS) is 41.6. The molecule has 1 saturated carbocycles. The molecule has 0 spiro atoms. The molecule has 1 amide bonds. The number of carbonyl (C=O) groups is 1. The van der Waals surface area contributed by atoms with Gasteiger partial charge in [-0.05, 0) is 37.8 Å². The van der Waals surface area contributed by atoms with Crippen LogP contribution in [0.25, 0.3) is 0 Å². The Bertz CT molecular complexity index is 269. The topological polar surface area (TPSA) is 44.4 Å². The molecule has 0 radical (unpaired) electrons. The molecule has 0 aromatic rings. The first-order valence-corrected chi connectivity index (χ1v) is 6.06. The first-order chi connectivity index (χ1) is 7.34. The highest BCUT2D eigenvalue weighted by molar-refractivity contribution is 5.78. The lowest BCUT2D eigenvalue weighted by Crippen LogP contribution is -2.53. The van der Waals surface area contributed by atoms with Crippen LogP contribution in [-0.2, 0) is 4.79 Å². The third-order valence-corrected chi connectivity index (χ3v) is 4.26. The molecule has 2 N–H and O–H groups in total. The van der Waals surface area contributed by atoms with Crippen LogP contribution in [0.1, 0.15) is 12.8 Å². The molecular weight excluding hydrogens is 190 g/mol. The molecule has 2 saturated heterocycles. The smallest absolute Gasteiger partial charge is 0.234 e. The van der Waals surface area contributed by atoms with Gasteiger partial charge in [0.2, 0.25) is 5.91 Å². The number of fused-ring (bicyclic) bond motifs is 1. The van der Waals surface area contributed by atoms with Gasteiger partial charge in [0.05, 0.1) is 6.54 Å². The number of rotatable bonds is 1. The van der Waals surface area contributed by atoms with Crippen LogP contribution in [0.2, 0.25) is 0 Å². The summed E-state index contributed by atoms with van der Waals surface area (Å²) in [5.41, 5.74) is 0. The first kappa shape index (κ1) is 9.60. The van der Waals surface area contributed by atoms with Crippen LogP contribution in [0.15, 0.2) is 0 Å². The first-order valence-electron chi connectivity index (χ1n) is 6.06. The molecule has 1 aliphatic carbocycles. The molecule has 0 bridgehead atoms. The molecule has 3 atom stereocenters. The van der Waals surface area contributed by atoms with E-state index in [9.17, 15) is 4.79 Å². The SMILES string of the molecule is O=C1CN(C2CCC3CNCC32)CCN1. The highest BCUT2D eigenvalue weighted by Crippen LogP contribution is 2.37. The summed E-state index contributed by atoms with van der Waals surface area (Å²) in [5.74, 6) is 1.88. The maximum Gasteiger partial charge on any atom is 0.234 e. The van der Waals surface area contributed by atoms with Crippen molar-refractivity contribution in [3.05, 3.63) is 0 Å². The molecule has 4 heteroatoms. The Morgan fingerprint density at radius 1 is 1.27 bits per heavy atom.